The van der Waals surface area contributed by atoms with Gasteiger partial charge in [-0.3, -0.25) is 9.79 Å². The van der Waals surface area contributed by atoms with Gasteiger partial charge in [-0.15, -0.1) is 6.42 Å². The average molecular weight is 413 g/mol. The lowest BCUT2D eigenvalue weighted by Crippen LogP contribution is -2.42. The maximum atomic E-state index is 12.2. The first-order valence-electron chi connectivity index (χ1n) is 8.05. The van der Waals surface area contributed by atoms with Crippen molar-refractivity contribution in [2.24, 2.45) is 4.99 Å². The summed E-state index contributed by atoms with van der Waals surface area (Å²) in [4.78, 5) is 18.3. The zero-order chi connectivity index (χ0) is 18.9. The lowest BCUT2D eigenvalue weighted by Gasteiger charge is -2.22. The Hall–Kier alpha value is -2.78. The fourth-order valence-electron chi connectivity index (χ4n) is 2.39. The Morgan fingerprint density at radius 3 is 2.73 bits per heavy atom. The number of aliphatic imine (C=N–C) groups is 1. The number of terminal acetylenes is 1. The van der Waals surface area contributed by atoms with Gasteiger partial charge in [-0.05, 0) is 29.8 Å². The van der Waals surface area contributed by atoms with Gasteiger partial charge >= 0.3 is 0 Å². The number of amides is 1. The third-order valence-electron chi connectivity index (χ3n) is 3.66. The predicted molar refractivity (Wildman–Crippen MR) is 110 cm³/mol. The minimum atomic E-state index is -0.172. The van der Waals surface area contributed by atoms with Gasteiger partial charge in [0.1, 0.15) is 0 Å². The highest BCUT2D eigenvalue weighted by atomic mass is 79.9. The molecule has 2 rings (SSSR count). The molecule has 134 valence electrons. The summed E-state index contributed by atoms with van der Waals surface area (Å²) >= 11 is 3.54. The highest BCUT2D eigenvalue weighted by Crippen LogP contribution is 2.17. The van der Waals surface area contributed by atoms with Crippen molar-refractivity contribution in [1.29, 1.82) is 0 Å². The molecule has 0 fully saturated rings. The summed E-state index contributed by atoms with van der Waals surface area (Å²) in [6, 6.07) is 15.2. The van der Waals surface area contributed by atoms with Crippen molar-refractivity contribution < 1.29 is 4.79 Å². The zero-order valence-corrected chi connectivity index (χ0v) is 16.4. The van der Waals surface area contributed by atoms with Crippen LogP contribution in [0, 0.1) is 12.3 Å². The van der Waals surface area contributed by atoms with Crippen LogP contribution in [-0.4, -0.2) is 37.4 Å². The first-order chi connectivity index (χ1) is 12.5. The average Bonchev–Trinajstić information content (AvgIpc) is 2.64. The van der Waals surface area contributed by atoms with Crippen LogP contribution in [0.4, 0.5) is 5.69 Å². The maximum Gasteiger partial charge on any atom is 0.243 e. The normalized spacial score (nSPS) is 10.8. The van der Waals surface area contributed by atoms with E-state index in [0.717, 1.165) is 15.6 Å². The Bertz CT molecular complexity index is 842. The number of benzene rings is 2. The van der Waals surface area contributed by atoms with Gasteiger partial charge in [0.15, 0.2) is 5.96 Å². The molecule has 1 amide bonds. The number of guanidine groups is 1. The lowest BCUT2D eigenvalue weighted by molar-refractivity contribution is -0.115. The lowest BCUT2D eigenvalue weighted by atomic mass is 10.2. The molecular formula is C20H21BrN4O. The molecule has 0 aliphatic heterocycles. The van der Waals surface area contributed by atoms with Crippen molar-refractivity contribution in [2.45, 2.75) is 6.54 Å². The van der Waals surface area contributed by atoms with E-state index in [0.29, 0.717) is 18.2 Å². The summed E-state index contributed by atoms with van der Waals surface area (Å²) in [5, 5.41) is 5.88. The van der Waals surface area contributed by atoms with Gasteiger partial charge in [-0.1, -0.05) is 46.1 Å². The van der Waals surface area contributed by atoms with Crippen molar-refractivity contribution in [1.82, 2.24) is 10.2 Å². The quantitative estimate of drug-likeness (QED) is 0.450. The molecule has 0 radical (unpaired) electrons. The van der Waals surface area contributed by atoms with Gasteiger partial charge in [-0.2, -0.15) is 0 Å². The summed E-state index contributed by atoms with van der Waals surface area (Å²) in [6.45, 7) is 0.764. The maximum absolute atomic E-state index is 12.2. The van der Waals surface area contributed by atoms with Gasteiger partial charge in [0.2, 0.25) is 5.91 Å². The van der Waals surface area contributed by atoms with E-state index in [9.17, 15) is 4.79 Å². The van der Waals surface area contributed by atoms with E-state index in [4.69, 9.17) is 6.42 Å². The van der Waals surface area contributed by atoms with E-state index in [1.807, 2.05) is 48.3 Å². The van der Waals surface area contributed by atoms with Crippen LogP contribution in [0.3, 0.4) is 0 Å². The molecule has 0 spiro atoms. The predicted octanol–water partition coefficient (Wildman–Crippen LogP) is 3.08. The van der Waals surface area contributed by atoms with E-state index < -0.39 is 0 Å². The molecule has 0 heterocycles. The summed E-state index contributed by atoms with van der Waals surface area (Å²) < 4.78 is 1.04. The van der Waals surface area contributed by atoms with Gasteiger partial charge in [0, 0.05) is 36.4 Å². The third kappa shape index (κ3) is 5.64. The molecule has 5 nitrogen and oxygen atoms in total. The molecule has 0 saturated heterocycles. The van der Waals surface area contributed by atoms with Crippen molar-refractivity contribution in [3.05, 3.63) is 64.1 Å². The minimum absolute atomic E-state index is 0.104. The smallest absolute Gasteiger partial charge is 0.243 e. The monoisotopic (exact) mass is 412 g/mol. The number of anilines is 1. The third-order valence-corrected chi connectivity index (χ3v) is 4.43. The van der Waals surface area contributed by atoms with E-state index in [1.54, 1.807) is 19.2 Å². The SMILES string of the molecule is C#Cc1cccc(NC(=O)CNC(=NC)N(C)Cc2ccccc2Br)c1. The zero-order valence-electron chi connectivity index (χ0n) is 14.8. The molecule has 0 aliphatic carbocycles. The highest BCUT2D eigenvalue weighted by molar-refractivity contribution is 9.10. The van der Waals surface area contributed by atoms with Gasteiger partial charge in [0.25, 0.3) is 0 Å². The first-order valence-corrected chi connectivity index (χ1v) is 8.84. The molecule has 0 atom stereocenters. The van der Waals surface area contributed by atoms with Crippen molar-refractivity contribution in [3.8, 4) is 12.3 Å². The van der Waals surface area contributed by atoms with Crippen molar-refractivity contribution in [2.75, 3.05) is 26.0 Å². The number of nitrogens with zero attached hydrogens (tertiary/aromatic N) is 2. The Kier molecular flexibility index (Phi) is 7.24. The van der Waals surface area contributed by atoms with Crippen molar-refractivity contribution in [3.63, 3.8) is 0 Å². The van der Waals surface area contributed by atoms with Crippen LogP contribution in [0.1, 0.15) is 11.1 Å². The molecule has 2 aromatic rings. The van der Waals surface area contributed by atoms with Crippen LogP contribution in [0.15, 0.2) is 58.0 Å². The summed E-state index contributed by atoms with van der Waals surface area (Å²) in [5.41, 5.74) is 2.53. The second kappa shape index (κ2) is 9.64. The Balaban J connectivity index is 1.90. The second-order valence-corrected chi connectivity index (χ2v) is 6.48. The largest absolute Gasteiger partial charge is 0.347 e. The minimum Gasteiger partial charge on any atom is -0.347 e. The number of hydrogen-bond acceptors (Lipinski definition) is 2. The molecule has 2 N–H and O–H groups in total. The van der Waals surface area contributed by atoms with Gasteiger partial charge < -0.3 is 15.5 Å². The van der Waals surface area contributed by atoms with Crippen LogP contribution in [0.5, 0.6) is 0 Å². The summed E-state index contributed by atoms with van der Waals surface area (Å²) in [6.07, 6.45) is 5.37. The number of carbonyl (C=O) groups excluding carboxylic acids is 1. The topological polar surface area (TPSA) is 56.7 Å². The van der Waals surface area contributed by atoms with E-state index >= 15 is 0 Å². The number of nitrogens with one attached hydrogen (secondary N) is 2. The van der Waals surface area contributed by atoms with Gasteiger partial charge in [0.05, 0.1) is 6.54 Å². The van der Waals surface area contributed by atoms with Crippen LogP contribution in [0.25, 0.3) is 0 Å². The molecule has 0 aromatic heterocycles. The van der Waals surface area contributed by atoms with E-state index in [-0.39, 0.29) is 12.5 Å². The van der Waals surface area contributed by atoms with Crippen LogP contribution >= 0.6 is 15.9 Å². The van der Waals surface area contributed by atoms with Gasteiger partial charge in [-0.25, -0.2) is 0 Å². The molecule has 0 aliphatic rings. The van der Waals surface area contributed by atoms with Crippen molar-refractivity contribution >= 4 is 33.5 Å². The highest BCUT2D eigenvalue weighted by Gasteiger charge is 2.10. The molecule has 26 heavy (non-hydrogen) atoms. The molecule has 0 unspecified atom stereocenters. The fourth-order valence-corrected chi connectivity index (χ4v) is 2.80. The molecule has 0 bridgehead atoms. The first kappa shape index (κ1) is 19.5. The summed E-state index contributed by atoms with van der Waals surface area (Å²) in [7, 11) is 3.61. The van der Waals surface area contributed by atoms with Crippen LogP contribution in [0.2, 0.25) is 0 Å². The number of rotatable bonds is 5. The number of carbonyl (C=O) groups is 1. The van der Waals surface area contributed by atoms with Crippen LogP contribution < -0.4 is 10.6 Å². The fraction of sp³-hybridized carbons (Fsp3) is 0.200. The Morgan fingerprint density at radius 1 is 1.27 bits per heavy atom. The summed E-state index contributed by atoms with van der Waals surface area (Å²) in [5.74, 6) is 3.01. The molecule has 2 aromatic carbocycles. The Morgan fingerprint density at radius 2 is 2.04 bits per heavy atom. The second-order valence-electron chi connectivity index (χ2n) is 5.62. The molecule has 6 heteroatoms. The standard InChI is InChI=1S/C20H21BrN4O/c1-4-15-8-7-10-17(12-15)24-19(26)13-23-20(22-2)25(3)14-16-9-5-6-11-18(16)21/h1,5-12H,13-14H2,2-3H3,(H,22,23)(H,24,26). The molecular weight excluding hydrogens is 392 g/mol. The molecule has 0 saturated carbocycles. The van der Waals surface area contributed by atoms with E-state index in [2.05, 4.69) is 37.5 Å². The number of halogens is 1. The van der Waals surface area contributed by atoms with E-state index in [1.165, 1.54) is 0 Å². The number of hydrogen-bond donors (Lipinski definition) is 2. The Labute approximate surface area is 162 Å². The van der Waals surface area contributed by atoms with Crippen LogP contribution in [-0.2, 0) is 11.3 Å².